The molecule has 2 heterocycles. The number of hydrazine groups is 1. The monoisotopic (exact) mass is 255 g/mol. The number of anilines is 2. The average molecular weight is 255 g/mol. The Morgan fingerprint density at radius 1 is 1.05 bits per heavy atom. The first-order valence-electron chi connectivity index (χ1n) is 6.47. The maximum absolute atomic E-state index is 5.38. The third-order valence-electron chi connectivity index (χ3n) is 3.51. The second kappa shape index (κ2) is 5.24. The first kappa shape index (κ1) is 11.9. The molecule has 0 amide bonds. The number of nitrogens with one attached hydrogen (secondary N) is 1. The number of aromatic nitrogens is 2. The van der Waals surface area contributed by atoms with Crippen LogP contribution in [-0.4, -0.2) is 23.1 Å². The Labute approximate surface area is 112 Å². The highest BCUT2D eigenvalue weighted by Gasteiger charge is 2.15. The maximum Gasteiger partial charge on any atom is 0.160 e. The summed E-state index contributed by atoms with van der Waals surface area (Å²) in [6.45, 7) is 1.92. The number of rotatable bonds is 2. The highest BCUT2D eigenvalue weighted by molar-refractivity contribution is 5.44. The van der Waals surface area contributed by atoms with Crippen molar-refractivity contribution in [3.8, 4) is 0 Å². The summed E-state index contributed by atoms with van der Waals surface area (Å²) < 4.78 is 0. The zero-order valence-corrected chi connectivity index (χ0v) is 10.7. The minimum absolute atomic E-state index is 0.597. The molecule has 1 aromatic carbocycles. The van der Waals surface area contributed by atoms with Crippen molar-refractivity contribution < 1.29 is 0 Å². The first-order chi connectivity index (χ1) is 9.36. The van der Waals surface area contributed by atoms with Gasteiger partial charge >= 0.3 is 0 Å². The van der Waals surface area contributed by atoms with Gasteiger partial charge in [0.05, 0.1) is 12.4 Å². The Kier molecular flexibility index (Phi) is 3.29. The molecule has 0 saturated heterocycles. The molecule has 2 aromatic rings. The highest BCUT2D eigenvalue weighted by atomic mass is 15.3. The van der Waals surface area contributed by atoms with Crippen LogP contribution in [0, 0.1) is 0 Å². The van der Waals surface area contributed by atoms with E-state index in [0.717, 1.165) is 31.7 Å². The van der Waals surface area contributed by atoms with Crippen molar-refractivity contribution in [3.63, 3.8) is 0 Å². The van der Waals surface area contributed by atoms with Gasteiger partial charge in [-0.2, -0.15) is 0 Å². The zero-order valence-electron chi connectivity index (χ0n) is 10.7. The van der Waals surface area contributed by atoms with E-state index in [0.29, 0.717) is 5.82 Å². The summed E-state index contributed by atoms with van der Waals surface area (Å²) >= 11 is 0. The molecule has 0 unspecified atom stereocenters. The molecule has 1 aromatic heterocycles. The van der Waals surface area contributed by atoms with Crippen LogP contribution in [0.25, 0.3) is 0 Å². The van der Waals surface area contributed by atoms with Crippen LogP contribution in [0.1, 0.15) is 11.1 Å². The lowest BCUT2D eigenvalue weighted by atomic mass is 10.0. The molecule has 19 heavy (non-hydrogen) atoms. The molecule has 0 fully saturated rings. The molecule has 5 heteroatoms. The Morgan fingerprint density at radius 2 is 1.74 bits per heavy atom. The summed E-state index contributed by atoms with van der Waals surface area (Å²) in [5.41, 5.74) is 5.41. The van der Waals surface area contributed by atoms with Gasteiger partial charge < -0.3 is 10.3 Å². The van der Waals surface area contributed by atoms with Gasteiger partial charge in [0.25, 0.3) is 0 Å². The van der Waals surface area contributed by atoms with Crippen molar-refractivity contribution in [2.24, 2.45) is 5.84 Å². The van der Waals surface area contributed by atoms with Gasteiger partial charge in [0.1, 0.15) is 5.82 Å². The molecule has 0 spiro atoms. The van der Waals surface area contributed by atoms with Crippen LogP contribution in [0.4, 0.5) is 11.6 Å². The third kappa shape index (κ3) is 2.51. The van der Waals surface area contributed by atoms with Gasteiger partial charge in [-0.15, -0.1) is 0 Å². The number of hydrogen-bond acceptors (Lipinski definition) is 5. The molecule has 0 atom stereocenters. The van der Waals surface area contributed by atoms with Gasteiger partial charge in [-0.3, -0.25) is 4.98 Å². The van der Waals surface area contributed by atoms with Crippen molar-refractivity contribution in [1.29, 1.82) is 0 Å². The lowest BCUT2D eigenvalue weighted by Crippen LogP contribution is -2.27. The van der Waals surface area contributed by atoms with Crippen LogP contribution < -0.4 is 16.2 Å². The lowest BCUT2D eigenvalue weighted by molar-refractivity contribution is 0.787. The largest absolute Gasteiger partial charge is 0.355 e. The van der Waals surface area contributed by atoms with E-state index in [9.17, 15) is 0 Å². The molecular weight excluding hydrogens is 238 g/mol. The molecule has 98 valence electrons. The van der Waals surface area contributed by atoms with E-state index in [1.165, 1.54) is 11.1 Å². The van der Waals surface area contributed by atoms with E-state index in [2.05, 4.69) is 44.6 Å². The Morgan fingerprint density at radius 3 is 2.37 bits per heavy atom. The standard InChI is InChI=1S/C14H17N5/c15-18-13-9-16-10-14(17-13)19-7-5-11-3-1-2-4-12(11)6-8-19/h1-4,9-10H,5-8,15H2,(H,17,18). The van der Waals surface area contributed by atoms with Gasteiger partial charge in [-0.1, -0.05) is 24.3 Å². The summed E-state index contributed by atoms with van der Waals surface area (Å²) in [5.74, 6) is 6.85. The third-order valence-corrected chi connectivity index (χ3v) is 3.51. The lowest BCUT2D eigenvalue weighted by Gasteiger charge is -2.21. The van der Waals surface area contributed by atoms with Crippen LogP contribution in [0.3, 0.4) is 0 Å². The summed E-state index contributed by atoms with van der Waals surface area (Å²) in [6.07, 6.45) is 5.49. The van der Waals surface area contributed by atoms with Crippen LogP contribution in [0.15, 0.2) is 36.7 Å². The fourth-order valence-electron chi connectivity index (χ4n) is 2.47. The maximum atomic E-state index is 5.38. The highest BCUT2D eigenvalue weighted by Crippen LogP contribution is 2.19. The van der Waals surface area contributed by atoms with E-state index in [1.807, 2.05) is 0 Å². The molecule has 1 aliphatic rings. The SMILES string of the molecule is NNc1cncc(N2CCc3ccccc3CC2)n1. The van der Waals surface area contributed by atoms with E-state index >= 15 is 0 Å². The molecule has 3 rings (SSSR count). The second-order valence-corrected chi connectivity index (χ2v) is 4.66. The molecular formula is C14H17N5. The second-order valence-electron chi connectivity index (χ2n) is 4.66. The fourth-order valence-corrected chi connectivity index (χ4v) is 2.47. The van der Waals surface area contributed by atoms with Crippen LogP contribution in [0.2, 0.25) is 0 Å². The number of fused-ring (bicyclic) bond motifs is 1. The molecule has 0 radical (unpaired) electrons. The zero-order chi connectivity index (χ0) is 13.1. The quantitative estimate of drug-likeness (QED) is 0.626. The Balaban J connectivity index is 1.81. The van der Waals surface area contributed by atoms with Crippen molar-refractivity contribution in [2.45, 2.75) is 12.8 Å². The summed E-state index contributed by atoms with van der Waals surface area (Å²) in [6, 6.07) is 8.63. The van der Waals surface area contributed by atoms with Crippen LogP contribution >= 0.6 is 0 Å². The molecule has 0 aliphatic carbocycles. The van der Waals surface area contributed by atoms with Crippen LogP contribution in [-0.2, 0) is 12.8 Å². The molecule has 0 saturated carbocycles. The molecule has 1 aliphatic heterocycles. The van der Waals surface area contributed by atoms with Gasteiger partial charge in [0, 0.05) is 13.1 Å². The van der Waals surface area contributed by atoms with E-state index in [-0.39, 0.29) is 0 Å². The van der Waals surface area contributed by atoms with E-state index in [4.69, 9.17) is 5.84 Å². The number of nitrogens with two attached hydrogens (primary N) is 1. The Hall–Kier alpha value is -2.14. The summed E-state index contributed by atoms with van der Waals surface area (Å²) in [7, 11) is 0. The molecule has 5 nitrogen and oxygen atoms in total. The smallest absolute Gasteiger partial charge is 0.160 e. The Bertz CT molecular complexity index is 542. The van der Waals surface area contributed by atoms with Crippen molar-refractivity contribution in [3.05, 3.63) is 47.8 Å². The first-order valence-corrected chi connectivity index (χ1v) is 6.47. The fraction of sp³-hybridized carbons (Fsp3) is 0.286. The van der Waals surface area contributed by atoms with Crippen molar-refractivity contribution in [1.82, 2.24) is 9.97 Å². The van der Waals surface area contributed by atoms with Gasteiger partial charge in [-0.25, -0.2) is 10.8 Å². The number of nitrogen functional groups attached to an aromatic ring is 1. The molecule has 3 N–H and O–H groups in total. The predicted molar refractivity (Wildman–Crippen MR) is 75.9 cm³/mol. The number of hydrogen-bond donors (Lipinski definition) is 2. The summed E-state index contributed by atoms with van der Waals surface area (Å²) in [4.78, 5) is 10.9. The topological polar surface area (TPSA) is 67.1 Å². The average Bonchev–Trinajstić information content (AvgIpc) is 2.70. The van der Waals surface area contributed by atoms with E-state index < -0.39 is 0 Å². The minimum Gasteiger partial charge on any atom is -0.355 e. The van der Waals surface area contributed by atoms with Crippen molar-refractivity contribution >= 4 is 11.6 Å². The number of benzene rings is 1. The van der Waals surface area contributed by atoms with E-state index in [1.54, 1.807) is 12.4 Å². The van der Waals surface area contributed by atoms with Crippen LogP contribution in [0.5, 0.6) is 0 Å². The van der Waals surface area contributed by atoms with Gasteiger partial charge in [0.2, 0.25) is 0 Å². The normalized spacial score (nSPS) is 14.7. The van der Waals surface area contributed by atoms with Gasteiger partial charge in [0.15, 0.2) is 5.82 Å². The van der Waals surface area contributed by atoms with Gasteiger partial charge in [-0.05, 0) is 24.0 Å². The molecule has 0 bridgehead atoms. The minimum atomic E-state index is 0.597. The number of nitrogens with zero attached hydrogens (tertiary/aromatic N) is 3. The van der Waals surface area contributed by atoms with Crippen molar-refractivity contribution in [2.75, 3.05) is 23.4 Å². The predicted octanol–water partition coefficient (Wildman–Crippen LogP) is 1.37. The summed E-state index contributed by atoms with van der Waals surface area (Å²) in [5, 5.41) is 0.